The molecule has 0 amide bonds. The van der Waals surface area contributed by atoms with E-state index >= 15 is 0 Å². The van der Waals surface area contributed by atoms with Crippen molar-refractivity contribution < 1.29 is 4.57 Å². The maximum atomic E-state index is 9.91. The minimum atomic E-state index is -0.962. The average molecular weight is 221 g/mol. The predicted octanol–water partition coefficient (Wildman–Crippen LogP) is 2.44. The molecule has 0 heterocycles. The van der Waals surface area contributed by atoms with Crippen LogP contribution in [-0.2, 0) is 4.57 Å². The average Bonchev–Trinajstić information content (AvgIpc) is 1.38. The topological polar surface area (TPSA) is 17.1 Å². The molecular weight excluding hydrogens is 218 g/mol. The van der Waals surface area contributed by atoms with E-state index in [2.05, 4.69) is 0 Å². The summed E-state index contributed by atoms with van der Waals surface area (Å²) >= 11 is 3.25. The summed E-state index contributed by atoms with van der Waals surface area (Å²) in [5, 5.41) is 0. The molecule has 0 rings (SSSR count). The zero-order chi connectivity index (χ0) is 4.28. The smallest absolute Gasteiger partial charge is 0.0485 e. The summed E-state index contributed by atoms with van der Waals surface area (Å²) in [7, 11) is 0. The molecule has 4 heteroatoms. The molecule has 0 bridgehead atoms. The van der Waals surface area contributed by atoms with Gasteiger partial charge in [0, 0.05) is 6.26 Å². The third-order valence-corrected chi connectivity index (χ3v) is 4.84. The van der Waals surface area contributed by atoms with Gasteiger partial charge in [-0.25, -0.2) is 0 Å². The van der Waals surface area contributed by atoms with Gasteiger partial charge >= 0.3 is 4.65 Å². The fraction of sp³-hybridized carbons (Fsp3) is 1.00. The van der Waals surface area contributed by atoms with Gasteiger partial charge in [-0.1, -0.05) is 0 Å². The molecule has 0 saturated carbocycles. The molecule has 0 aromatic rings. The van der Waals surface area contributed by atoms with Crippen LogP contribution < -0.4 is 0 Å². The van der Waals surface area contributed by atoms with Crippen LogP contribution in [0.2, 0.25) is 0 Å². The molecule has 0 aliphatic carbocycles. The van der Waals surface area contributed by atoms with E-state index in [1.54, 1.807) is 0 Å². The molecule has 0 fully saturated rings. The van der Waals surface area contributed by atoms with Gasteiger partial charge in [0.2, 0.25) is 0 Å². The molecule has 0 aliphatic heterocycles. The molecule has 0 aromatic heterocycles. The first-order valence-electron chi connectivity index (χ1n) is 0.942. The summed E-state index contributed by atoms with van der Waals surface area (Å²) in [6, 6.07) is 0. The Morgan fingerprint density at radius 2 is 2.20 bits per heavy atom. The van der Waals surface area contributed by atoms with E-state index in [4.69, 9.17) is 0 Å². The second kappa shape index (κ2) is 3.37. The van der Waals surface area contributed by atoms with Gasteiger partial charge in [0.15, 0.2) is 0 Å². The van der Waals surface area contributed by atoms with Crippen molar-refractivity contribution in [2.45, 2.75) is 0 Å². The van der Waals surface area contributed by atoms with E-state index in [0.29, 0.717) is 0 Å². The largest absolute Gasteiger partial charge is 0.476 e. The fourth-order valence-electron chi connectivity index (χ4n) is 0. The van der Waals surface area contributed by atoms with E-state index in [0.717, 1.165) is 0 Å². The second-order valence-corrected chi connectivity index (χ2v) is 7.87. The second-order valence-electron chi connectivity index (χ2n) is 0.395. The first kappa shape index (κ1) is 6.18. The summed E-state index contributed by atoms with van der Waals surface area (Å²) < 4.78 is 8.95. The molecule has 30 valence electrons. The maximum Gasteiger partial charge on any atom is 0.476 e. The third kappa shape index (κ3) is 5.18. The zero-order valence-electron chi connectivity index (χ0n) is 2.64. The van der Waals surface area contributed by atoms with Crippen molar-refractivity contribution in [3.8, 4) is 0 Å². The van der Waals surface area contributed by atoms with Crippen LogP contribution in [0.3, 0.4) is 0 Å². The Kier molecular flexibility index (Phi) is 4.17. The molecule has 0 spiro atoms. The Labute approximate surface area is 48.9 Å². The summed E-state index contributed by atoms with van der Waals surface area (Å²) in [5.41, 5.74) is 0. The number of rotatable bonds is 1. The van der Waals surface area contributed by atoms with E-state index in [9.17, 15) is 4.57 Å². The van der Waals surface area contributed by atoms with Crippen LogP contribution in [0.1, 0.15) is 0 Å². The highest BCUT2D eigenvalue weighted by Gasteiger charge is 2.02. The minimum absolute atomic E-state index is 0.962. The Hall–Kier alpha value is 1.18. The molecule has 5 heavy (non-hydrogen) atoms. The molecule has 0 aliphatic rings. The van der Waals surface area contributed by atoms with Gasteiger partial charge in [-0.2, -0.15) is 0 Å². The monoisotopic (exact) mass is 221 g/mol. The molecule has 0 aromatic carbocycles. The summed E-state index contributed by atoms with van der Waals surface area (Å²) in [4.78, 5) is 0. The Bertz CT molecular complexity index is 46.9. The minimum Gasteiger partial charge on any atom is -0.0485 e. The predicted molar refractivity (Wildman–Crippen MR) is 35.1 cm³/mol. The molecule has 0 saturated heterocycles. The highest BCUT2D eigenvalue weighted by molar-refractivity contribution is 14.2. The van der Waals surface area contributed by atoms with Gasteiger partial charge < -0.3 is 0 Å². The number of hydrogen-bond acceptors (Lipinski definition) is 2. The van der Waals surface area contributed by atoms with Crippen LogP contribution in [-0.4, -0.2) is 6.26 Å². The first-order chi connectivity index (χ1) is 2.27. The van der Waals surface area contributed by atoms with Crippen molar-refractivity contribution in [2.75, 3.05) is 6.26 Å². The first-order valence-corrected chi connectivity index (χ1v) is 6.82. The van der Waals surface area contributed by atoms with E-state index < -0.39 is 4.65 Å². The van der Waals surface area contributed by atoms with E-state index in [-0.39, 0.29) is 0 Å². The quantitative estimate of drug-likeness (QED) is 0.499. The lowest BCUT2D eigenvalue weighted by molar-refractivity contribution is 0.604. The lowest BCUT2D eigenvalue weighted by Gasteiger charge is -1.48. The maximum absolute atomic E-state index is 9.91. The molecule has 1 unspecified atom stereocenters. The van der Waals surface area contributed by atoms with Crippen LogP contribution in [0, 0.1) is 0 Å². The molecule has 1 atom stereocenters. The lowest BCUT2D eigenvalue weighted by Crippen LogP contribution is -1.21. The molecule has 0 radical (unpaired) electrons. The van der Waals surface area contributed by atoms with Gasteiger partial charge in [-0.3, -0.25) is 0 Å². The SMILES string of the molecule is CS[P+](=O)I. The zero-order valence-corrected chi connectivity index (χ0v) is 6.51. The lowest BCUT2D eigenvalue weighted by atomic mass is 12.0. The summed E-state index contributed by atoms with van der Waals surface area (Å²) in [6.45, 7) is 0. The summed E-state index contributed by atoms with van der Waals surface area (Å²) in [5.74, 6) is 0. The number of hydrogen-bond donors (Lipinski definition) is 0. The van der Waals surface area contributed by atoms with Crippen LogP contribution >= 0.6 is 38.1 Å². The third-order valence-electron chi connectivity index (χ3n) is 0.144. The molecular formula is CH3IOPS+. The van der Waals surface area contributed by atoms with Gasteiger partial charge in [-0.05, 0) is 4.57 Å². The molecule has 1 nitrogen and oxygen atoms in total. The van der Waals surface area contributed by atoms with Crippen molar-refractivity contribution in [3.05, 3.63) is 0 Å². The van der Waals surface area contributed by atoms with Crippen LogP contribution in [0.5, 0.6) is 0 Å². The van der Waals surface area contributed by atoms with Gasteiger partial charge in [-0.15, -0.1) is 0 Å². The van der Waals surface area contributed by atoms with Crippen LogP contribution in [0.15, 0.2) is 0 Å². The number of halogens is 1. The van der Waals surface area contributed by atoms with Crippen LogP contribution in [0.4, 0.5) is 0 Å². The molecule has 0 N–H and O–H groups in total. The van der Waals surface area contributed by atoms with Crippen LogP contribution in [0.25, 0.3) is 0 Å². The highest BCUT2D eigenvalue weighted by atomic mass is 127. The van der Waals surface area contributed by atoms with Crippen molar-refractivity contribution in [2.24, 2.45) is 0 Å². The highest BCUT2D eigenvalue weighted by Crippen LogP contribution is 2.43. The van der Waals surface area contributed by atoms with E-state index in [1.807, 2.05) is 28.3 Å². The van der Waals surface area contributed by atoms with Gasteiger partial charge in [0.05, 0.1) is 0 Å². The van der Waals surface area contributed by atoms with E-state index in [1.165, 1.54) is 11.4 Å². The van der Waals surface area contributed by atoms with Crippen molar-refractivity contribution in [1.29, 1.82) is 0 Å². The Morgan fingerprint density at radius 3 is 2.20 bits per heavy atom. The van der Waals surface area contributed by atoms with Crippen molar-refractivity contribution in [3.63, 3.8) is 0 Å². The normalized spacial score (nSPS) is 11.2. The fourth-order valence-corrected chi connectivity index (χ4v) is 0. The Balaban J connectivity index is 2.85. The van der Waals surface area contributed by atoms with Gasteiger partial charge in [0.25, 0.3) is 22.0 Å². The van der Waals surface area contributed by atoms with Crippen molar-refractivity contribution >= 4 is 38.1 Å². The standard InChI is InChI=1S/CH3IOPS/c1-5-4(2)3/h1H3/q+1. The van der Waals surface area contributed by atoms with Gasteiger partial charge in [0.1, 0.15) is 11.4 Å². The Morgan fingerprint density at radius 1 is 2.00 bits per heavy atom. The summed E-state index contributed by atoms with van der Waals surface area (Å²) in [6.07, 6.45) is 1.82. The van der Waals surface area contributed by atoms with Crippen molar-refractivity contribution in [1.82, 2.24) is 0 Å².